The molecule has 2 aromatic rings. The molecule has 0 fully saturated rings. The summed E-state index contributed by atoms with van der Waals surface area (Å²) in [6.45, 7) is 7.96. The van der Waals surface area contributed by atoms with Gasteiger partial charge < -0.3 is 1.43 Å². The molecular weight excluding hydrogens is 295 g/mol. The number of benzene rings is 2. The van der Waals surface area contributed by atoms with Crippen molar-refractivity contribution >= 4 is 20.9 Å². The fraction of sp³-hybridized carbons (Fsp3) is 0.375. The maximum atomic E-state index is 11.9. The second-order valence-electron chi connectivity index (χ2n) is 5.71. The van der Waals surface area contributed by atoms with Crippen molar-refractivity contribution in [2.45, 2.75) is 44.4 Å². The zero-order chi connectivity index (χ0) is 15.1. The maximum absolute atomic E-state index is 11.9. The molecule has 0 radical (unpaired) electrons. The van der Waals surface area contributed by atoms with Crippen molar-refractivity contribution in [3.05, 3.63) is 41.5 Å². The molecule has 0 spiro atoms. The van der Waals surface area contributed by atoms with Gasteiger partial charge in [-0.1, -0.05) is 58.0 Å². The maximum Gasteiger partial charge on any atom is 1.00 e. The van der Waals surface area contributed by atoms with Crippen molar-refractivity contribution in [2.24, 2.45) is 0 Å². The van der Waals surface area contributed by atoms with E-state index < -0.39 is 10.1 Å². The molecule has 0 saturated carbocycles. The molecular formula is C16H21NaO3S. The molecule has 0 saturated heterocycles. The van der Waals surface area contributed by atoms with Gasteiger partial charge in [0, 0.05) is 5.39 Å². The van der Waals surface area contributed by atoms with E-state index in [0.717, 1.165) is 16.5 Å². The van der Waals surface area contributed by atoms with E-state index in [4.69, 9.17) is 0 Å². The number of hydrogen-bond acceptors (Lipinski definition) is 2. The molecule has 2 aromatic carbocycles. The summed E-state index contributed by atoms with van der Waals surface area (Å²) in [4.78, 5) is 0.0642. The first kappa shape index (κ1) is 18.7. The average Bonchev–Trinajstić information content (AvgIpc) is 2.34. The van der Waals surface area contributed by atoms with E-state index in [0.29, 0.717) is 5.39 Å². The van der Waals surface area contributed by atoms with E-state index in [2.05, 4.69) is 0 Å². The Morgan fingerprint density at radius 2 is 1.62 bits per heavy atom. The third-order valence-electron chi connectivity index (χ3n) is 3.53. The summed E-state index contributed by atoms with van der Waals surface area (Å²) < 4.78 is 33.5. The van der Waals surface area contributed by atoms with Gasteiger partial charge in [0.05, 0.1) is 0 Å². The monoisotopic (exact) mass is 316 g/mol. The molecule has 0 aromatic heterocycles. The molecule has 1 N–H and O–H groups in total. The Kier molecular flexibility index (Phi) is 6.04. The second kappa shape index (κ2) is 6.80. The SMILES string of the molecule is CC(C)c1cc2ccccc2c(S(=O)(=O)O)c1C(C)C.[H-].[Na+]. The van der Waals surface area contributed by atoms with Crippen LogP contribution in [0.3, 0.4) is 0 Å². The zero-order valence-electron chi connectivity index (χ0n) is 14.2. The van der Waals surface area contributed by atoms with Crippen LogP contribution in [-0.2, 0) is 10.1 Å². The summed E-state index contributed by atoms with van der Waals surface area (Å²) in [6, 6.07) is 9.31. The average molecular weight is 316 g/mol. The van der Waals surface area contributed by atoms with Crippen molar-refractivity contribution < 1.29 is 44.0 Å². The van der Waals surface area contributed by atoms with E-state index in [1.807, 2.05) is 45.9 Å². The molecule has 0 atom stereocenters. The minimum Gasteiger partial charge on any atom is -1.00 e. The molecule has 5 heteroatoms. The van der Waals surface area contributed by atoms with Gasteiger partial charge in [0.2, 0.25) is 0 Å². The minimum atomic E-state index is -4.26. The van der Waals surface area contributed by atoms with Crippen LogP contribution < -0.4 is 29.6 Å². The molecule has 0 aliphatic heterocycles. The normalized spacial score (nSPS) is 12.0. The van der Waals surface area contributed by atoms with Crippen LogP contribution >= 0.6 is 0 Å². The zero-order valence-corrected chi connectivity index (χ0v) is 16.0. The van der Waals surface area contributed by atoms with Gasteiger partial charge >= 0.3 is 29.6 Å². The molecule has 2 rings (SSSR count). The second-order valence-corrected chi connectivity index (χ2v) is 7.07. The summed E-state index contributed by atoms with van der Waals surface area (Å²) in [7, 11) is -4.26. The van der Waals surface area contributed by atoms with E-state index in [1.54, 1.807) is 12.1 Å². The third-order valence-corrected chi connectivity index (χ3v) is 4.49. The van der Waals surface area contributed by atoms with Crippen molar-refractivity contribution in [3.63, 3.8) is 0 Å². The van der Waals surface area contributed by atoms with Crippen LogP contribution in [0.2, 0.25) is 0 Å². The van der Waals surface area contributed by atoms with Crippen LogP contribution in [0.4, 0.5) is 0 Å². The van der Waals surface area contributed by atoms with E-state index in [-0.39, 0.29) is 47.7 Å². The molecule has 0 bridgehead atoms. The van der Waals surface area contributed by atoms with Crippen LogP contribution in [0.15, 0.2) is 35.2 Å². The van der Waals surface area contributed by atoms with Gasteiger partial charge in [-0.05, 0) is 28.3 Å². The predicted octanol–water partition coefficient (Wildman–Crippen LogP) is 1.45. The summed E-state index contributed by atoms with van der Waals surface area (Å²) in [5.74, 6) is 0.214. The largest absolute Gasteiger partial charge is 1.00 e. The molecule has 3 nitrogen and oxygen atoms in total. The third kappa shape index (κ3) is 3.69. The van der Waals surface area contributed by atoms with Gasteiger partial charge in [0.25, 0.3) is 10.1 Å². The fourth-order valence-corrected chi connectivity index (χ4v) is 3.80. The Hall–Kier alpha value is -0.390. The van der Waals surface area contributed by atoms with E-state index in [1.165, 1.54) is 0 Å². The van der Waals surface area contributed by atoms with Crippen molar-refractivity contribution in [1.29, 1.82) is 0 Å². The Balaban J connectivity index is 0.00000220. The Morgan fingerprint density at radius 3 is 2.10 bits per heavy atom. The first-order chi connectivity index (χ1) is 9.23. The molecule has 110 valence electrons. The van der Waals surface area contributed by atoms with Gasteiger partial charge in [0.1, 0.15) is 4.90 Å². The van der Waals surface area contributed by atoms with E-state index >= 15 is 0 Å². The quantitative estimate of drug-likeness (QED) is 0.689. The van der Waals surface area contributed by atoms with Crippen LogP contribution in [0.25, 0.3) is 10.8 Å². The topological polar surface area (TPSA) is 54.4 Å². The molecule has 0 aliphatic rings. The summed E-state index contributed by atoms with van der Waals surface area (Å²) in [6.07, 6.45) is 0. The standard InChI is InChI=1S/C16H20O3S.Na.H/c1-10(2)14-9-12-7-5-6-8-13(12)16(20(17,18)19)15(14)11(3)4;;/h5-11H,1-4H3,(H,17,18,19);;/q;+1;-1. The van der Waals surface area contributed by atoms with Crippen LogP contribution in [0.5, 0.6) is 0 Å². The smallest absolute Gasteiger partial charge is 1.00 e. The first-order valence-electron chi connectivity index (χ1n) is 6.76. The molecule has 0 heterocycles. The number of fused-ring (bicyclic) bond motifs is 1. The molecule has 0 amide bonds. The van der Waals surface area contributed by atoms with Crippen LogP contribution in [0.1, 0.15) is 52.1 Å². The fourth-order valence-electron chi connectivity index (χ4n) is 2.70. The summed E-state index contributed by atoms with van der Waals surface area (Å²) >= 11 is 0. The number of rotatable bonds is 3. The van der Waals surface area contributed by atoms with Crippen LogP contribution in [-0.4, -0.2) is 13.0 Å². The first-order valence-corrected chi connectivity index (χ1v) is 8.20. The Labute approximate surface area is 150 Å². The minimum absolute atomic E-state index is 0. The summed E-state index contributed by atoms with van der Waals surface area (Å²) in [5.41, 5.74) is 1.70. The Bertz CT molecular complexity index is 755. The van der Waals surface area contributed by atoms with E-state index in [9.17, 15) is 13.0 Å². The van der Waals surface area contributed by atoms with Crippen LogP contribution in [0, 0.1) is 0 Å². The molecule has 0 aliphatic carbocycles. The van der Waals surface area contributed by atoms with Gasteiger partial charge in [-0.15, -0.1) is 0 Å². The predicted molar refractivity (Wildman–Crippen MR) is 83.1 cm³/mol. The summed E-state index contributed by atoms with van der Waals surface area (Å²) in [5, 5.41) is 1.43. The van der Waals surface area contributed by atoms with Gasteiger partial charge in [-0.3, -0.25) is 4.55 Å². The van der Waals surface area contributed by atoms with Crippen molar-refractivity contribution in [1.82, 2.24) is 0 Å². The number of hydrogen-bond donors (Lipinski definition) is 1. The molecule has 0 unspecified atom stereocenters. The van der Waals surface area contributed by atoms with Crippen molar-refractivity contribution in [3.8, 4) is 0 Å². The molecule has 21 heavy (non-hydrogen) atoms. The van der Waals surface area contributed by atoms with Gasteiger partial charge in [0.15, 0.2) is 0 Å². The van der Waals surface area contributed by atoms with Crippen molar-refractivity contribution in [2.75, 3.05) is 0 Å². The Morgan fingerprint density at radius 1 is 1.05 bits per heavy atom. The van der Waals surface area contributed by atoms with Gasteiger partial charge in [-0.2, -0.15) is 8.42 Å². The van der Waals surface area contributed by atoms with Gasteiger partial charge in [-0.25, -0.2) is 0 Å².